The molecule has 0 amide bonds. The average Bonchev–Trinajstić information content (AvgIpc) is 2.77. The summed E-state index contributed by atoms with van der Waals surface area (Å²) in [6.45, 7) is 0. The maximum atomic E-state index is 5.80. The van der Waals surface area contributed by atoms with E-state index in [1.54, 1.807) is 0 Å². The average molecular weight is 243 g/mol. The van der Waals surface area contributed by atoms with Gasteiger partial charge < -0.3 is 4.74 Å². The number of hydrogen-bond donors (Lipinski definition) is 1. The Morgan fingerprint density at radius 2 is 2.46 bits per heavy atom. The molecule has 13 heavy (non-hydrogen) atoms. The van der Waals surface area contributed by atoms with Crippen LogP contribution in [0.5, 0.6) is 0 Å². The smallest absolute Gasteiger partial charge is 0.0664 e. The minimum atomic E-state index is 0.432. The highest BCUT2D eigenvalue weighted by molar-refractivity contribution is 9.10. The lowest BCUT2D eigenvalue weighted by Crippen LogP contribution is -2.15. The van der Waals surface area contributed by atoms with E-state index < -0.39 is 0 Å². The van der Waals surface area contributed by atoms with E-state index in [1.165, 1.54) is 18.5 Å². The molecule has 2 aliphatic rings. The van der Waals surface area contributed by atoms with Crippen LogP contribution in [-0.4, -0.2) is 22.4 Å². The van der Waals surface area contributed by atoms with Gasteiger partial charge in [-0.05, 0) is 35.2 Å². The first-order valence-corrected chi connectivity index (χ1v) is 5.48. The zero-order chi connectivity index (χ0) is 8.84. The van der Waals surface area contributed by atoms with Crippen LogP contribution in [0.3, 0.4) is 0 Å². The molecule has 2 bridgehead atoms. The molecule has 0 aliphatic carbocycles. The van der Waals surface area contributed by atoms with Crippen molar-refractivity contribution in [1.29, 1.82) is 0 Å². The van der Waals surface area contributed by atoms with Gasteiger partial charge in [0.15, 0.2) is 0 Å². The largest absolute Gasteiger partial charge is 0.374 e. The van der Waals surface area contributed by atoms with Crippen molar-refractivity contribution in [3.05, 3.63) is 16.4 Å². The maximum Gasteiger partial charge on any atom is 0.0664 e. The molecule has 3 heterocycles. The van der Waals surface area contributed by atoms with E-state index in [4.69, 9.17) is 4.74 Å². The first kappa shape index (κ1) is 8.00. The second kappa shape index (κ2) is 2.82. The summed E-state index contributed by atoms with van der Waals surface area (Å²) in [6.07, 6.45) is 6.37. The van der Waals surface area contributed by atoms with E-state index >= 15 is 0 Å². The van der Waals surface area contributed by atoms with Crippen LogP contribution in [0.2, 0.25) is 0 Å². The molecule has 2 fully saturated rings. The van der Waals surface area contributed by atoms with Gasteiger partial charge in [0.1, 0.15) is 0 Å². The van der Waals surface area contributed by atoms with Gasteiger partial charge in [0.2, 0.25) is 0 Å². The number of ether oxygens (including phenoxy) is 1. The fourth-order valence-electron chi connectivity index (χ4n) is 2.48. The fourth-order valence-corrected chi connectivity index (χ4v) is 2.97. The molecule has 0 spiro atoms. The van der Waals surface area contributed by atoms with Crippen molar-refractivity contribution in [2.24, 2.45) is 0 Å². The summed E-state index contributed by atoms with van der Waals surface area (Å²) in [5.74, 6) is 0.538. The van der Waals surface area contributed by atoms with Gasteiger partial charge in [-0.1, -0.05) is 0 Å². The van der Waals surface area contributed by atoms with Crippen LogP contribution >= 0.6 is 15.9 Å². The van der Waals surface area contributed by atoms with Gasteiger partial charge in [0.05, 0.1) is 28.6 Å². The summed E-state index contributed by atoms with van der Waals surface area (Å²) < 4.78 is 6.89. The van der Waals surface area contributed by atoms with Crippen molar-refractivity contribution in [2.75, 3.05) is 0 Å². The van der Waals surface area contributed by atoms with Gasteiger partial charge in [-0.3, -0.25) is 5.10 Å². The Hall–Kier alpha value is -0.350. The second-order valence-electron chi connectivity index (χ2n) is 3.85. The Morgan fingerprint density at radius 1 is 1.54 bits per heavy atom. The van der Waals surface area contributed by atoms with Gasteiger partial charge in [0, 0.05) is 5.92 Å². The summed E-state index contributed by atoms with van der Waals surface area (Å²) in [6, 6.07) is 0. The summed E-state index contributed by atoms with van der Waals surface area (Å²) in [5, 5.41) is 7.08. The Morgan fingerprint density at radius 3 is 3.00 bits per heavy atom. The number of nitrogens with one attached hydrogen (secondary N) is 1. The number of aromatic nitrogens is 2. The third-order valence-electron chi connectivity index (χ3n) is 3.10. The zero-order valence-electron chi connectivity index (χ0n) is 7.16. The SMILES string of the molecule is Brc1cn[nH]c1C1CC2CCC1O2. The van der Waals surface area contributed by atoms with E-state index in [2.05, 4.69) is 26.1 Å². The van der Waals surface area contributed by atoms with E-state index in [0.29, 0.717) is 18.1 Å². The molecule has 70 valence electrons. The number of hydrogen-bond acceptors (Lipinski definition) is 2. The second-order valence-corrected chi connectivity index (χ2v) is 4.70. The summed E-state index contributed by atoms with van der Waals surface area (Å²) >= 11 is 3.50. The van der Waals surface area contributed by atoms with Crippen LogP contribution in [0.4, 0.5) is 0 Å². The first-order chi connectivity index (χ1) is 6.34. The van der Waals surface area contributed by atoms with Crippen LogP contribution in [0.15, 0.2) is 10.7 Å². The quantitative estimate of drug-likeness (QED) is 0.821. The summed E-state index contributed by atoms with van der Waals surface area (Å²) in [7, 11) is 0. The van der Waals surface area contributed by atoms with Crippen LogP contribution < -0.4 is 0 Å². The van der Waals surface area contributed by atoms with Gasteiger partial charge in [0.25, 0.3) is 0 Å². The number of H-pyrrole nitrogens is 1. The van der Waals surface area contributed by atoms with Crippen LogP contribution in [-0.2, 0) is 4.74 Å². The highest BCUT2D eigenvalue weighted by atomic mass is 79.9. The molecule has 0 aromatic carbocycles. The van der Waals surface area contributed by atoms with Crippen molar-refractivity contribution in [3.8, 4) is 0 Å². The molecule has 1 N–H and O–H groups in total. The standard InChI is InChI=1S/C9H11BrN2O/c10-7-4-11-12-9(7)6-3-5-1-2-8(6)13-5/h4-6,8H,1-3H2,(H,11,12). The summed E-state index contributed by atoms with van der Waals surface area (Å²) in [4.78, 5) is 0. The Bertz CT molecular complexity index is 325. The van der Waals surface area contributed by atoms with Gasteiger partial charge in [-0.25, -0.2) is 0 Å². The van der Waals surface area contributed by atoms with Crippen molar-refractivity contribution >= 4 is 15.9 Å². The Balaban J connectivity index is 1.91. The van der Waals surface area contributed by atoms with Crippen molar-refractivity contribution in [3.63, 3.8) is 0 Å². The molecule has 2 aliphatic heterocycles. The zero-order valence-corrected chi connectivity index (χ0v) is 8.75. The molecular formula is C9H11BrN2O. The highest BCUT2D eigenvalue weighted by Crippen LogP contribution is 2.45. The maximum absolute atomic E-state index is 5.80. The fraction of sp³-hybridized carbons (Fsp3) is 0.667. The van der Waals surface area contributed by atoms with Gasteiger partial charge in [-0.2, -0.15) is 5.10 Å². The Labute approximate surface area is 85.0 Å². The minimum absolute atomic E-state index is 0.432. The van der Waals surface area contributed by atoms with E-state index in [1.807, 2.05) is 6.20 Å². The highest BCUT2D eigenvalue weighted by Gasteiger charge is 2.42. The molecule has 4 heteroatoms. The number of rotatable bonds is 1. The van der Waals surface area contributed by atoms with E-state index in [9.17, 15) is 0 Å². The Kier molecular flexibility index (Phi) is 1.73. The number of nitrogens with zero attached hydrogens (tertiary/aromatic N) is 1. The monoisotopic (exact) mass is 242 g/mol. The molecule has 1 aromatic rings. The normalized spacial score (nSPS) is 37.2. The predicted molar refractivity (Wildman–Crippen MR) is 51.5 cm³/mol. The van der Waals surface area contributed by atoms with Gasteiger partial charge in [-0.15, -0.1) is 0 Å². The van der Waals surface area contributed by atoms with Crippen molar-refractivity contribution in [2.45, 2.75) is 37.4 Å². The molecule has 3 atom stereocenters. The van der Waals surface area contributed by atoms with Crippen molar-refractivity contribution in [1.82, 2.24) is 10.2 Å². The van der Waals surface area contributed by atoms with E-state index in [0.717, 1.165) is 10.9 Å². The molecule has 3 unspecified atom stereocenters. The lowest BCUT2D eigenvalue weighted by molar-refractivity contribution is 0.100. The molecule has 2 saturated heterocycles. The minimum Gasteiger partial charge on any atom is -0.374 e. The van der Waals surface area contributed by atoms with E-state index in [-0.39, 0.29) is 0 Å². The third-order valence-corrected chi connectivity index (χ3v) is 3.73. The molecule has 1 aromatic heterocycles. The first-order valence-electron chi connectivity index (χ1n) is 4.69. The molecular weight excluding hydrogens is 232 g/mol. The number of aromatic amines is 1. The molecule has 3 nitrogen and oxygen atoms in total. The van der Waals surface area contributed by atoms with Crippen LogP contribution in [0, 0.1) is 0 Å². The molecule has 3 rings (SSSR count). The van der Waals surface area contributed by atoms with Gasteiger partial charge >= 0.3 is 0 Å². The van der Waals surface area contributed by atoms with Crippen molar-refractivity contribution < 1.29 is 4.74 Å². The molecule has 0 radical (unpaired) electrons. The van der Waals surface area contributed by atoms with Crippen LogP contribution in [0.25, 0.3) is 0 Å². The lowest BCUT2D eigenvalue weighted by Gasteiger charge is -2.16. The number of fused-ring (bicyclic) bond motifs is 2. The lowest BCUT2D eigenvalue weighted by atomic mass is 9.87. The predicted octanol–water partition coefficient (Wildman–Crippen LogP) is 2.21. The topological polar surface area (TPSA) is 37.9 Å². The van der Waals surface area contributed by atoms with Crippen LogP contribution in [0.1, 0.15) is 30.9 Å². The number of halogens is 1. The third kappa shape index (κ3) is 1.15. The molecule has 0 saturated carbocycles. The summed E-state index contributed by atoms with van der Waals surface area (Å²) in [5.41, 5.74) is 1.22.